The van der Waals surface area contributed by atoms with Gasteiger partial charge < -0.3 is 10.5 Å². The number of rotatable bonds is 3. The molecule has 1 rings (SSSR count). The summed E-state index contributed by atoms with van der Waals surface area (Å²) >= 11 is 0. The molecule has 1 aliphatic rings. The minimum absolute atomic E-state index is 0.0276. The molecule has 0 aromatic carbocycles. The highest BCUT2D eigenvalue weighted by Crippen LogP contribution is 2.14. The minimum Gasteiger partial charge on any atom is -0.377 e. The zero-order chi connectivity index (χ0) is 8.48. The molecule has 3 nitrogen and oxygen atoms in total. The minimum atomic E-state index is -0.0276. The molecule has 11 heavy (non-hydrogen) atoms. The molecule has 66 valence electrons. The largest absolute Gasteiger partial charge is 0.377 e. The predicted octanol–water partition coefficient (Wildman–Crippen LogP) is 0.0543. The number of hydrogen-bond acceptors (Lipinski definition) is 3. The Hall–Kier alpha value is -0.120. The first kappa shape index (κ1) is 8.97. The molecular weight excluding hydrogens is 140 g/mol. The molecule has 0 bridgehead atoms. The van der Waals surface area contributed by atoms with Crippen LogP contribution in [0.4, 0.5) is 0 Å². The molecule has 3 heteroatoms. The van der Waals surface area contributed by atoms with Crippen LogP contribution in [0.3, 0.4) is 0 Å². The van der Waals surface area contributed by atoms with E-state index in [4.69, 9.17) is 10.5 Å². The highest BCUT2D eigenvalue weighted by atomic mass is 16.5. The number of likely N-dealkylation sites (tertiary alicyclic amines) is 1. The highest BCUT2D eigenvalue weighted by molar-refractivity contribution is 4.86. The average molecular weight is 158 g/mol. The summed E-state index contributed by atoms with van der Waals surface area (Å²) in [6.45, 7) is 7.21. The number of hydrogen-bond donors (Lipinski definition) is 1. The van der Waals surface area contributed by atoms with Crippen molar-refractivity contribution in [3.8, 4) is 0 Å². The summed E-state index contributed by atoms with van der Waals surface area (Å²) in [6.07, 6.45) is 0. The van der Waals surface area contributed by atoms with Crippen molar-refractivity contribution in [2.45, 2.75) is 25.5 Å². The molecule has 2 N–H and O–H groups in total. The van der Waals surface area contributed by atoms with Gasteiger partial charge in [-0.05, 0) is 13.8 Å². The zero-order valence-corrected chi connectivity index (χ0v) is 7.63. The fourth-order valence-corrected chi connectivity index (χ4v) is 1.34. The number of nitrogens with zero attached hydrogens (tertiary/aromatic N) is 1. The lowest BCUT2D eigenvalue weighted by atomic mass is 10.0. The molecular formula is C8H18N2O. The third-order valence-electron chi connectivity index (χ3n) is 2.14. The van der Waals surface area contributed by atoms with Gasteiger partial charge in [0.15, 0.2) is 0 Å². The quantitative estimate of drug-likeness (QED) is 0.631. The van der Waals surface area contributed by atoms with Crippen LogP contribution in [0, 0.1) is 0 Å². The Morgan fingerprint density at radius 1 is 1.55 bits per heavy atom. The normalized spacial score (nSPS) is 21.8. The van der Waals surface area contributed by atoms with Crippen molar-refractivity contribution in [1.29, 1.82) is 0 Å². The fourth-order valence-electron chi connectivity index (χ4n) is 1.34. The van der Waals surface area contributed by atoms with Crippen molar-refractivity contribution in [2.24, 2.45) is 5.73 Å². The Morgan fingerprint density at radius 3 is 2.45 bits per heavy atom. The average Bonchev–Trinajstić information content (AvgIpc) is 1.84. The van der Waals surface area contributed by atoms with E-state index in [1.807, 2.05) is 0 Å². The summed E-state index contributed by atoms with van der Waals surface area (Å²) in [7, 11) is 1.75. The van der Waals surface area contributed by atoms with Crippen LogP contribution in [0.1, 0.15) is 13.8 Å². The Kier molecular flexibility index (Phi) is 2.52. The lowest BCUT2D eigenvalue weighted by Crippen LogP contribution is -2.59. The van der Waals surface area contributed by atoms with Crippen molar-refractivity contribution in [3.63, 3.8) is 0 Å². The molecule has 1 aliphatic heterocycles. The van der Waals surface area contributed by atoms with Crippen LogP contribution in [0.2, 0.25) is 0 Å². The first-order chi connectivity index (χ1) is 5.03. The molecule has 1 heterocycles. The topological polar surface area (TPSA) is 38.5 Å². The number of nitrogens with two attached hydrogens (primary N) is 1. The molecule has 0 aromatic heterocycles. The molecule has 0 atom stereocenters. The van der Waals surface area contributed by atoms with Gasteiger partial charge in [0.1, 0.15) is 0 Å². The summed E-state index contributed by atoms with van der Waals surface area (Å²) in [4.78, 5) is 2.31. The highest BCUT2D eigenvalue weighted by Gasteiger charge is 2.28. The van der Waals surface area contributed by atoms with Gasteiger partial charge in [-0.25, -0.2) is 0 Å². The van der Waals surface area contributed by atoms with E-state index in [1.165, 1.54) is 0 Å². The second kappa shape index (κ2) is 3.09. The summed E-state index contributed by atoms with van der Waals surface area (Å²) in [5.41, 5.74) is 5.62. The summed E-state index contributed by atoms with van der Waals surface area (Å²) in [5, 5.41) is 0. The molecule has 0 unspecified atom stereocenters. The predicted molar refractivity (Wildman–Crippen MR) is 45.5 cm³/mol. The Bertz CT molecular complexity index is 130. The van der Waals surface area contributed by atoms with Crippen LogP contribution in [0.5, 0.6) is 0 Å². The molecule has 0 saturated carbocycles. The van der Waals surface area contributed by atoms with E-state index in [0.29, 0.717) is 6.04 Å². The molecule has 1 saturated heterocycles. The Morgan fingerprint density at radius 2 is 2.09 bits per heavy atom. The van der Waals surface area contributed by atoms with Gasteiger partial charge in [0.05, 0.1) is 5.60 Å². The van der Waals surface area contributed by atoms with Gasteiger partial charge >= 0.3 is 0 Å². The van der Waals surface area contributed by atoms with Gasteiger partial charge in [-0.2, -0.15) is 0 Å². The van der Waals surface area contributed by atoms with Crippen LogP contribution in [0.15, 0.2) is 0 Å². The van der Waals surface area contributed by atoms with Gasteiger partial charge in [0, 0.05) is 32.8 Å². The Balaban J connectivity index is 2.21. The van der Waals surface area contributed by atoms with Crippen molar-refractivity contribution in [1.82, 2.24) is 4.90 Å². The van der Waals surface area contributed by atoms with Gasteiger partial charge in [-0.1, -0.05) is 0 Å². The molecule has 0 aliphatic carbocycles. The third-order valence-corrected chi connectivity index (χ3v) is 2.14. The van der Waals surface area contributed by atoms with Gasteiger partial charge in [0.25, 0.3) is 0 Å². The van der Waals surface area contributed by atoms with Crippen LogP contribution < -0.4 is 5.73 Å². The molecule has 0 spiro atoms. The summed E-state index contributed by atoms with van der Waals surface area (Å²) < 4.78 is 5.30. The summed E-state index contributed by atoms with van der Waals surface area (Å²) in [6, 6.07) is 0.391. The van der Waals surface area contributed by atoms with Gasteiger partial charge in [-0.3, -0.25) is 4.90 Å². The van der Waals surface area contributed by atoms with Crippen LogP contribution in [-0.2, 0) is 4.74 Å². The van der Waals surface area contributed by atoms with Crippen molar-refractivity contribution in [2.75, 3.05) is 26.7 Å². The van der Waals surface area contributed by atoms with Gasteiger partial charge in [0.2, 0.25) is 0 Å². The first-order valence-electron chi connectivity index (χ1n) is 4.06. The maximum atomic E-state index is 5.65. The number of ether oxygens (including phenoxy) is 1. The van der Waals surface area contributed by atoms with E-state index >= 15 is 0 Å². The monoisotopic (exact) mass is 158 g/mol. The van der Waals surface area contributed by atoms with Crippen LogP contribution in [-0.4, -0.2) is 43.3 Å². The fraction of sp³-hybridized carbons (Fsp3) is 1.00. The maximum absolute atomic E-state index is 5.65. The van der Waals surface area contributed by atoms with Crippen molar-refractivity contribution in [3.05, 3.63) is 0 Å². The number of methoxy groups -OCH3 is 1. The lowest BCUT2D eigenvalue weighted by Gasteiger charge is -2.41. The first-order valence-corrected chi connectivity index (χ1v) is 4.06. The molecule has 0 radical (unpaired) electrons. The van der Waals surface area contributed by atoms with E-state index < -0.39 is 0 Å². The molecule has 0 amide bonds. The van der Waals surface area contributed by atoms with E-state index in [2.05, 4.69) is 18.7 Å². The second-order valence-electron chi connectivity index (χ2n) is 3.92. The SMILES string of the molecule is COC(C)(C)CN1CC(N)C1. The standard InChI is InChI=1S/C8H18N2O/c1-8(2,11-3)6-10-4-7(9)5-10/h7H,4-6,9H2,1-3H3. The van der Waals surface area contributed by atoms with Gasteiger partial charge in [-0.15, -0.1) is 0 Å². The smallest absolute Gasteiger partial charge is 0.0749 e. The van der Waals surface area contributed by atoms with Crippen molar-refractivity contribution < 1.29 is 4.74 Å². The Labute approximate surface area is 68.5 Å². The third kappa shape index (κ3) is 2.43. The van der Waals surface area contributed by atoms with E-state index in [9.17, 15) is 0 Å². The second-order valence-corrected chi connectivity index (χ2v) is 3.92. The summed E-state index contributed by atoms with van der Waals surface area (Å²) in [5.74, 6) is 0. The molecule has 0 aromatic rings. The van der Waals surface area contributed by atoms with E-state index in [0.717, 1.165) is 19.6 Å². The molecule has 1 fully saturated rings. The van der Waals surface area contributed by atoms with Crippen molar-refractivity contribution >= 4 is 0 Å². The maximum Gasteiger partial charge on any atom is 0.0749 e. The lowest BCUT2D eigenvalue weighted by molar-refractivity contribution is -0.0258. The van der Waals surface area contributed by atoms with Crippen LogP contribution in [0.25, 0.3) is 0 Å². The van der Waals surface area contributed by atoms with Crippen LogP contribution >= 0.6 is 0 Å². The van der Waals surface area contributed by atoms with E-state index in [1.54, 1.807) is 7.11 Å². The zero-order valence-electron chi connectivity index (χ0n) is 7.63. The van der Waals surface area contributed by atoms with E-state index in [-0.39, 0.29) is 5.60 Å².